The second-order valence-corrected chi connectivity index (χ2v) is 5.60. The van der Waals surface area contributed by atoms with Crippen molar-refractivity contribution in [3.8, 4) is 0 Å². The molecule has 0 atom stereocenters. The summed E-state index contributed by atoms with van der Waals surface area (Å²) in [6.07, 6.45) is 5.89. The van der Waals surface area contributed by atoms with Crippen LogP contribution in [0.2, 0.25) is 0 Å². The minimum atomic E-state index is 0.688. The van der Waals surface area contributed by atoms with E-state index in [1.807, 2.05) is 6.20 Å². The van der Waals surface area contributed by atoms with Gasteiger partial charge in [0, 0.05) is 25.3 Å². The second-order valence-electron chi connectivity index (χ2n) is 4.74. The predicted molar refractivity (Wildman–Crippen MR) is 75.3 cm³/mol. The van der Waals surface area contributed by atoms with Gasteiger partial charge in [0.25, 0.3) is 0 Å². The highest BCUT2D eigenvalue weighted by Crippen LogP contribution is 2.33. The van der Waals surface area contributed by atoms with Crippen molar-refractivity contribution in [3.63, 3.8) is 0 Å². The highest BCUT2D eigenvalue weighted by molar-refractivity contribution is 9.10. The van der Waals surface area contributed by atoms with Crippen molar-refractivity contribution in [1.82, 2.24) is 9.88 Å². The summed E-state index contributed by atoms with van der Waals surface area (Å²) in [5, 5.41) is 0. The van der Waals surface area contributed by atoms with Crippen LogP contribution in [0.5, 0.6) is 0 Å². The van der Waals surface area contributed by atoms with Gasteiger partial charge in [-0.3, -0.25) is 4.98 Å². The van der Waals surface area contributed by atoms with Gasteiger partial charge in [-0.2, -0.15) is 0 Å². The Morgan fingerprint density at radius 3 is 2.53 bits per heavy atom. The van der Waals surface area contributed by atoms with Gasteiger partial charge >= 0.3 is 0 Å². The van der Waals surface area contributed by atoms with E-state index in [-0.39, 0.29) is 0 Å². The van der Waals surface area contributed by atoms with Crippen LogP contribution >= 0.6 is 15.9 Å². The molecule has 0 radical (unpaired) electrons. The van der Waals surface area contributed by atoms with Gasteiger partial charge < -0.3 is 15.5 Å². The summed E-state index contributed by atoms with van der Waals surface area (Å²) in [5.41, 5.74) is 7.85. The number of anilines is 2. The normalized spacial score (nSPS) is 17.8. The van der Waals surface area contributed by atoms with Crippen molar-refractivity contribution in [2.45, 2.75) is 18.9 Å². The number of rotatable bonds is 2. The van der Waals surface area contributed by atoms with E-state index in [1.54, 1.807) is 6.20 Å². The van der Waals surface area contributed by atoms with Gasteiger partial charge in [0.05, 0.1) is 22.0 Å². The van der Waals surface area contributed by atoms with E-state index in [1.165, 1.54) is 12.8 Å². The predicted octanol–water partition coefficient (Wildman–Crippen LogP) is 1.96. The zero-order valence-corrected chi connectivity index (χ0v) is 11.9. The Morgan fingerprint density at radius 2 is 2.00 bits per heavy atom. The fourth-order valence-electron chi connectivity index (χ4n) is 2.38. The number of piperidine rings is 1. The topological polar surface area (TPSA) is 45.4 Å². The molecule has 0 saturated carbocycles. The molecule has 2 N–H and O–H groups in total. The van der Waals surface area contributed by atoms with Crippen LogP contribution in [-0.2, 0) is 0 Å². The van der Waals surface area contributed by atoms with Crippen LogP contribution in [-0.4, -0.2) is 43.1 Å². The molecule has 0 spiro atoms. The van der Waals surface area contributed by atoms with Crippen LogP contribution in [0.1, 0.15) is 12.8 Å². The first kappa shape index (κ1) is 12.6. The molecule has 0 aromatic carbocycles. The smallest absolute Gasteiger partial charge is 0.0776 e. The molecule has 0 bridgehead atoms. The molecule has 94 valence electrons. The Labute approximate surface area is 111 Å². The van der Waals surface area contributed by atoms with E-state index >= 15 is 0 Å². The third-order valence-electron chi connectivity index (χ3n) is 3.41. The molecule has 1 saturated heterocycles. The monoisotopic (exact) mass is 298 g/mol. The Balaban J connectivity index is 2.11. The third kappa shape index (κ3) is 2.72. The average Bonchev–Trinajstić information content (AvgIpc) is 2.29. The van der Waals surface area contributed by atoms with Crippen LogP contribution in [0.3, 0.4) is 0 Å². The van der Waals surface area contributed by atoms with Crippen molar-refractivity contribution in [2.75, 3.05) is 37.8 Å². The summed E-state index contributed by atoms with van der Waals surface area (Å²) in [7, 11) is 4.30. The first-order chi connectivity index (χ1) is 8.09. The van der Waals surface area contributed by atoms with Gasteiger partial charge in [-0.15, -0.1) is 0 Å². The largest absolute Gasteiger partial charge is 0.396 e. The van der Waals surface area contributed by atoms with Gasteiger partial charge in [-0.25, -0.2) is 0 Å². The molecule has 0 aliphatic carbocycles. The summed E-state index contributed by atoms with van der Waals surface area (Å²) in [4.78, 5) is 8.73. The number of nitrogens with two attached hydrogens (primary N) is 1. The number of nitrogen functional groups attached to an aromatic ring is 1. The number of hydrogen-bond acceptors (Lipinski definition) is 4. The van der Waals surface area contributed by atoms with E-state index in [4.69, 9.17) is 5.73 Å². The lowest BCUT2D eigenvalue weighted by Gasteiger charge is -2.37. The van der Waals surface area contributed by atoms with Gasteiger partial charge in [0.2, 0.25) is 0 Å². The summed E-state index contributed by atoms with van der Waals surface area (Å²) in [6.45, 7) is 2.10. The molecule has 4 nitrogen and oxygen atoms in total. The lowest BCUT2D eigenvalue weighted by atomic mass is 10.0. The molecule has 0 unspecified atom stereocenters. The van der Waals surface area contributed by atoms with Crippen LogP contribution in [0.25, 0.3) is 0 Å². The maximum Gasteiger partial charge on any atom is 0.0776 e. The van der Waals surface area contributed by atoms with E-state index in [0.29, 0.717) is 6.04 Å². The molecule has 1 aliphatic rings. The van der Waals surface area contributed by atoms with Crippen molar-refractivity contribution in [3.05, 3.63) is 16.9 Å². The Kier molecular flexibility index (Phi) is 3.89. The van der Waals surface area contributed by atoms with E-state index in [9.17, 15) is 0 Å². The first-order valence-corrected chi connectivity index (χ1v) is 6.69. The second kappa shape index (κ2) is 5.23. The van der Waals surface area contributed by atoms with Gasteiger partial charge in [0.15, 0.2) is 0 Å². The lowest BCUT2D eigenvalue weighted by Crippen LogP contribution is -2.42. The summed E-state index contributed by atoms with van der Waals surface area (Å²) >= 11 is 3.53. The third-order valence-corrected chi connectivity index (χ3v) is 3.99. The van der Waals surface area contributed by atoms with Gasteiger partial charge in [-0.05, 0) is 42.9 Å². The highest BCUT2D eigenvalue weighted by atomic mass is 79.9. The molecule has 2 heterocycles. The Hall–Kier alpha value is -0.810. The SMILES string of the molecule is CN(C)C1CCN(c2c(N)cncc2Br)CC1. The zero-order valence-electron chi connectivity index (χ0n) is 10.4. The van der Waals surface area contributed by atoms with Crippen LogP contribution in [0.15, 0.2) is 16.9 Å². The number of nitrogens with zero attached hydrogens (tertiary/aromatic N) is 3. The van der Waals surface area contributed by atoms with Crippen LogP contribution in [0.4, 0.5) is 11.4 Å². The molecule has 1 aromatic rings. The van der Waals surface area contributed by atoms with Crippen molar-refractivity contribution >= 4 is 27.3 Å². The standard InChI is InChI=1S/C12H19BrN4/c1-16(2)9-3-5-17(6-4-9)12-10(13)7-15-8-11(12)14/h7-9H,3-6,14H2,1-2H3. The van der Waals surface area contributed by atoms with Crippen LogP contribution < -0.4 is 10.6 Å². The molecule has 0 amide bonds. The van der Waals surface area contributed by atoms with E-state index in [0.717, 1.165) is 28.9 Å². The summed E-state index contributed by atoms with van der Waals surface area (Å²) in [5.74, 6) is 0. The van der Waals surface area contributed by atoms with Gasteiger partial charge in [0.1, 0.15) is 0 Å². The number of hydrogen-bond donors (Lipinski definition) is 1. The van der Waals surface area contributed by atoms with E-state index < -0.39 is 0 Å². The number of aromatic nitrogens is 1. The number of halogens is 1. The molecule has 1 fully saturated rings. The van der Waals surface area contributed by atoms with E-state index in [2.05, 4.69) is 44.8 Å². The maximum atomic E-state index is 6.00. The minimum Gasteiger partial charge on any atom is -0.396 e. The quantitative estimate of drug-likeness (QED) is 0.907. The average molecular weight is 299 g/mol. The zero-order chi connectivity index (χ0) is 12.4. The van der Waals surface area contributed by atoms with Crippen molar-refractivity contribution in [2.24, 2.45) is 0 Å². The van der Waals surface area contributed by atoms with Gasteiger partial charge in [-0.1, -0.05) is 0 Å². The van der Waals surface area contributed by atoms with Crippen molar-refractivity contribution < 1.29 is 0 Å². The Morgan fingerprint density at radius 1 is 1.35 bits per heavy atom. The molecule has 1 aliphatic heterocycles. The number of pyridine rings is 1. The van der Waals surface area contributed by atoms with Crippen LogP contribution in [0, 0.1) is 0 Å². The molecule has 5 heteroatoms. The minimum absolute atomic E-state index is 0.688. The molecule has 1 aromatic heterocycles. The highest BCUT2D eigenvalue weighted by Gasteiger charge is 2.23. The Bertz CT molecular complexity index is 366. The molecule has 17 heavy (non-hydrogen) atoms. The fourth-order valence-corrected chi connectivity index (χ4v) is 2.98. The molecular weight excluding hydrogens is 280 g/mol. The maximum absolute atomic E-state index is 6.00. The summed E-state index contributed by atoms with van der Waals surface area (Å²) in [6, 6.07) is 0.688. The lowest BCUT2D eigenvalue weighted by molar-refractivity contribution is 0.249. The first-order valence-electron chi connectivity index (χ1n) is 5.90. The van der Waals surface area contributed by atoms with Crippen molar-refractivity contribution in [1.29, 1.82) is 0 Å². The summed E-state index contributed by atoms with van der Waals surface area (Å²) < 4.78 is 0.987. The molecular formula is C12H19BrN4. The fraction of sp³-hybridized carbons (Fsp3) is 0.583. The molecule has 2 rings (SSSR count).